The standard InChI is InChI=1S/C11H22N2OS/c1-8(2)10(11(14)12-3)13-9-4-6-15-7-5-9/h8-10,13H,4-7H2,1-3H3,(H,12,14). The van der Waals surface area contributed by atoms with Crippen LogP contribution in [0.5, 0.6) is 0 Å². The maximum Gasteiger partial charge on any atom is 0.237 e. The van der Waals surface area contributed by atoms with Gasteiger partial charge in [0.15, 0.2) is 0 Å². The van der Waals surface area contributed by atoms with Gasteiger partial charge in [-0.1, -0.05) is 13.8 Å². The first kappa shape index (κ1) is 12.8. The average molecular weight is 230 g/mol. The van der Waals surface area contributed by atoms with Crippen molar-refractivity contribution in [1.82, 2.24) is 10.6 Å². The Labute approximate surface area is 96.8 Å². The molecule has 1 aliphatic rings. The highest BCUT2D eigenvalue weighted by Gasteiger charge is 2.25. The topological polar surface area (TPSA) is 41.1 Å². The molecule has 0 saturated carbocycles. The Morgan fingerprint density at radius 2 is 1.93 bits per heavy atom. The molecule has 0 aliphatic carbocycles. The number of carbonyl (C=O) groups excluding carboxylic acids is 1. The second kappa shape index (κ2) is 6.38. The molecule has 2 N–H and O–H groups in total. The molecule has 1 rings (SSSR count). The summed E-state index contributed by atoms with van der Waals surface area (Å²) in [4.78, 5) is 11.6. The van der Waals surface area contributed by atoms with Crippen molar-refractivity contribution in [1.29, 1.82) is 0 Å². The summed E-state index contributed by atoms with van der Waals surface area (Å²) in [6.07, 6.45) is 2.37. The summed E-state index contributed by atoms with van der Waals surface area (Å²) in [5, 5.41) is 6.21. The van der Waals surface area contributed by atoms with E-state index in [9.17, 15) is 4.79 Å². The minimum Gasteiger partial charge on any atom is -0.358 e. The zero-order valence-electron chi connectivity index (χ0n) is 9.88. The van der Waals surface area contributed by atoms with Crippen molar-refractivity contribution in [2.24, 2.45) is 5.92 Å². The molecule has 1 atom stereocenters. The van der Waals surface area contributed by atoms with Gasteiger partial charge in [0.1, 0.15) is 0 Å². The Morgan fingerprint density at radius 1 is 1.33 bits per heavy atom. The predicted octanol–water partition coefficient (Wildman–Crippen LogP) is 1.24. The van der Waals surface area contributed by atoms with Gasteiger partial charge in [0.2, 0.25) is 5.91 Å². The SMILES string of the molecule is CNC(=O)C(NC1CCSCC1)C(C)C. The molecule has 1 aliphatic heterocycles. The molecule has 3 nitrogen and oxygen atoms in total. The van der Waals surface area contributed by atoms with Crippen molar-refractivity contribution < 1.29 is 4.79 Å². The zero-order valence-corrected chi connectivity index (χ0v) is 10.7. The van der Waals surface area contributed by atoms with E-state index >= 15 is 0 Å². The molecule has 15 heavy (non-hydrogen) atoms. The Hall–Kier alpha value is -0.220. The summed E-state index contributed by atoms with van der Waals surface area (Å²) in [6, 6.07) is 0.485. The van der Waals surface area contributed by atoms with Crippen molar-refractivity contribution in [3.05, 3.63) is 0 Å². The van der Waals surface area contributed by atoms with Gasteiger partial charge in [-0.05, 0) is 30.3 Å². The van der Waals surface area contributed by atoms with E-state index in [1.54, 1.807) is 7.05 Å². The number of carbonyl (C=O) groups is 1. The summed E-state index contributed by atoms with van der Waals surface area (Å²) < 4.78 is 0. The first-order valence-electron chi connectivity index (χ1n) is 5.70. The van der Waals surface area contributed by atoms with Gasteiger partial charge in [0.05, 0.1) is 6.04 Å². The van der Waals surface area contributed by atoms with Gasteiger partial charge in [-0.2, -0.15) is 11.8 Å². The highest BCUT2D eigenvalue weighted by molar-refractivity contribution is 7.99. The molecule has 0 bridgehead atoms. The average Bonchev–Trinajstić information content (AvgIpc) is 2.26. The van der Waals surface area contributed by atoms with E-state index in [1.165, 1.54) is 24.3 Å². The third-order valence-corrected chi connectivity index (χ3v) is 3.88. The van der Waals surface area contributed by atoms with Crippen LogP contribution in [0.15, 0.2) is 0 Å². The molecule has 0 spiro atoms. The first-order chi connectivity index (χ1) is 7.15. The van der Waals surface area contributed by atoms with E-state index in [-0.39, 0.29) is 11.9 Å². The molecule has 1 fully saturated rings. The fraction of sp³-hybridized carbons (Fsp3) is 0.909. The monoisotopic (exact) mass is 230 g/mol. The Kier molecular flexibility index (Phi) is 5.47. The summed E-state index contributed by atoms with van der Waals surface area (Å²) in [5.41, 5.74) is 0. The lowest BCUT2D eigenvalue weighted by Crippen LogP contribution is -2.51. The molecular weight excluding hydrogens is 208 g/mol. The van der Waals surface area contributed by atoms with Crippen LogP contribution in [-0.4, -0.2) is 36.5 Å². The normalized spacial score (nSPS) is 20.3. The largest absolute Gasteiger partial charge is 0.358 e. The predicted molar refractivity (Wildman–Crippen MR) is 66.2 cm³/mol. The van der Waals surface area contributed by atoms with Crippen LogP contribution in [-0.2, 0) is 4.79 Å². The van der Waals surface area contributed by atoms with Gasteiger partial charge in [-0.3, -0.25) is 4.79 Å². The van der Waals surface area contributed by atoms with Crippen molar-refractivity contribution >= 4 is 17.7 Å². The zero-order chi connectivity index (χ0) is 11.3. The number of amides is 1. The molecule has 0 aromatic heterocycles. The molecule has 1 heterocycles. The highest BCUT2D eigenvalue weighted by atomic mass is 32.2. The molecule has 88 valence electrons. The van der Waals surface area contributed by atoms with Crippen molar-refractivity contribution in [2.75, 3.05) is 18.6 Å². The van der Waals surface area contributed by atoms with Gasteiger partial charge in [0, 0.05) is 13.1 Å². The van der Waals surface area contributed by atoms with E-state index in [4.69, 9.17) is 0 Å². The fourth-order valence-corrected chi connectivity index (χ4v) is 2.95. The van der Waals surface area contributed by atoms with Crippen molar-refractivity contribution in [3.63, 3.8) is 0 Å². The number of rotatable bonds is 4. The number of nitrogens with one attached hydrogen (secondary N) is 2. The number of likely N-dealkylation sites (N-methyl/N-ethyl adjacent to an activating group) is 1. The molecule has 1 unspecified atom stereocenters. The Morgan fingerprint density at radius 3 is 2.40 bits per heavy atom. The van der Waals surface area contributed by atoms with Gasteiger partial charge < -0.3 is 10.6 Å². The minimum absolute atomic E-state index is 0.0388. The maximum atomic E-state index is 11.6. The smallest absolute Gasteiger partial charge is 0.237 e. The van der Waals surface area contributed by atoms with Crippen LogP contribution in [0, 0.1) is 5.92 Å². The van der Waals surface area contributed by atoms with Crippen LogP contribution in [0.25, 0.3) is 0 Å². The number of hydrogen-bond acceptors (Lipinski definition) is 3. The van der Waals surface area contributed by atoms with Crippen LogP contribution < -0.4 is 10.6 Å². The van der Waals surface area contributed by atoms with Crippen LogP contribution in [0.3, 0.4) is 0 Å². The van der Waals surface area contributed by atoms with Gasteiger partial charge >= 0.3 is 0 Å². The first-order valence-corrected chi connectivity index (χ1v) is 6.86. The summed E-state index contributed by atoms with van der Waals surface area (Å²) in [5.74, 6) is 2.90. The lowest BCUT2D eigenvalue weighted by molar-refractivity contribution is -0.123. The lowest BCUT2D eigenvalue weighted by atomic mass is 10.0. The Balaban J connectivity index is 2.46. The summed E-state index contributed by atoms with van der Waals surface area (Å²) in [7, 11) is 1.70. The van der Waals surface area contributed by atoms with Crippen molar-refractivity contribution in [2.45, 2.75) is 38.8 Å². The molecule has 1 saturated heterocycles. The molecule has 4 heteroatoms. The van der Waals surface area contributed by atoms with Gasteiger partial charge in [-0.25, -0.2) is 0 Å². The van der Waals surface area contributed by atoms with Crippen molar-refractivity contribution in [3.8, 4) is 0 Å². The van der Waals surface area contributed by atoms with E-state index in [1.807, 2.05) is 11.8 Å². The van der Waals surface area contributed by atoms with Crippen LogP contribution in [0.1, 0.15) is 26.7 Å². The molecule has 0 aromatic rings. The van der Waals surface area contributed by atoms with E-state index in [0.29, 0.717) is 12.0 Å². The number of hydrogen-bond donors (Lipinski definition) is 2. The van der Waals surface area contributed by atoms with E-state index < -0.39 is 0 Å². The molecule has 0 aromatic carbocycles. The Bertz CT molecular complexity index is 203. The van der Waals surface area contributed by atoms with E-state index in [2.05, 4.69) is 24.5 Å². The summed E-state index contributed by atoms with van der Waals surface area (Å²) >= 11 is 2.01. The third kappa shape index (κ3) is 4.03. The molecule has 0 radical (unpaired) electrons. The van der Waals surface area contributed by atoms with E-state index in [0.717, 1.165) is 0 Å². The summed E-state index contributed by atoms with van der Waals surface area (Å²) in [6.45, 7) is 4.18. The van der Waals surface area contributed by atoms with Crippen LogP contribution in [0.2, 0.25) is 0 Å². The second-order valence-corrected chi connectivity index (χ2v) is 5.61. The van der Waals surface area contributed by atoms with Crippen LogP contribution in [0.4, 0.5) is 0 Å². The van der Waals surface area contributed by atoms with Gasteiger partial charge in [-0.15, -0.1) is 0 Å². The quantitative estimate of drug-likeness (QED) is 0.763. The molecular formula is C11H22N2OS. The van der Waals surface area contributed by atoms with Gasteiger partial charge in [0.25, 0.3) is 0 Å². The fourth-order valence-electron chi connectivity index (χ4n) is 1.84. The maximum absolute atomic E-state index is 11.6. The van der Waals surface area contributed by atoms with Crippen LogP contribution >= 0.6 is 11.8 Å². The second-order valence-electron chi connectivity index (χ2n) is 4.39. The number of thioether (sulfide) groups is 1. The highest BCUT2D eigenvalue weighted by Crippen LogP contribution is 2.18. The molecule has 1 amide bonds. The minimum atomic E-state index is -0.0388. The lowest BCUT2D eigenvalue weighted by Gasteiger charge is -2.29. The third-order valence-electron chi connectivity index (χ3n) is 2.83.